The second kappa shape index (κ2) is 4.16. The Labute approximate surface area is 91.6 Å². The summed E-state index contributed by atoms with van der Waals surface area (Å²) in [5.41, 5.74) is 0.526. The Kier molecular flexibility index (Phi) is 2.88. The highest BCUT2D eigenvalue weighted by molar-refractivity contribution is 6.31. The average molecular weight is 229 g/mol. The first-order valence-electron chi connectivity index (χ1n) is 4.63. The van der Waals surface area contributed by atoms with Gasteiger partial charge in [-0.2, -0.15) is 0 Å². The predicted molar refractivity (Wildman–Crippen MR) is 56.4 cm³/mol. The van der Waals surface area contributed by atoms with Gasteiger partial charge in [-0.1, -0.05) is 11.6 Å². The Morgan fingerprint density at radius 3 is 2.80 bits per heavy atom. The van der Waals surface area contributed by atoms with Crippen LogP contribution in [0.4, 0.5) is 10.1 Å². The molecule has 0 aliphatic carbocycles. The number of hydrogen-bond acceptors (Lipinski definition) is 2. The lowest BCUT2D eigenvalue weighted by Gasteiger charge is -2.25. The minimum Gasteiger partial charge on any atom is -0.326 e. The Hall–Kier alpha value is -1.13. The zero-order chi connectivity index (χ0) is 10.8. The summed E-state index contributed by atoms with van der Waals surface area (Å²) >= 11 is 5.59. The fourth-order valence-electron chi connectivity index (χ4n) is 1.29. The van der Waals surface area contributed by atoms with Crippen LogP contribution in [0.3, 0.4) is 0 Å². The molecule has 0 bridgehead atoms. The Morgan fingerprint density at radius 2 is 2.27 bits per heavy atom. The number of hydrogen-bond donors (Lipinski definition) is 2. The highest BCUT2D eigenvalue weighted by atomic mass is 35.5. The molecule has 0 unspecified atom stereocenters. The maximum atomic E-state index is 12.8. The van der Waals surface area contributed by atoms with Gasteiger partial charge >= 0.3 is 0 Å². The lowest BCUT2D eigenvalue weighted by Crippen LogP contribution is -2.48. The molecule has 1 heterocycles. The molecule has 0 spiro atoms. The smallest absolute Gasteiger partial charge is 0.230 e. The molecule has 2 N–H and O–H groups in total. The second-order valence-corrected chi connectivity index (χ2v) is 3.88. The second-order valence-electron chi connectivity index (χ2n) is 3.47. The lowest BCUT2D eigenvalue weighted by atomic mass is 10.0. The Morgan fingerprint density at radius 1 is 1.53 bits per heavy atom. The molecule has 0 atom stereocenters. The molecule has 0 radical (unpaired) electrons. The first-order chi connectivity index (χ1) is 7.16. The first kappa shape index (κ1) is 10.4. The van der Waals surface area contributed by atoms with Crippen molar-refractivity contribution in [2.75, 3.05) is 18.4 Å². The van der Waals surface area contributed by atoms with Gasteiger partial charge in [0.2, 0.25) is 5.91 Å². The topological polar surface area (TPSA) is 41.1 Å². The van der Waals surface area contributed by atoms with Gasteiger partial charge in [-0.15, -0.1) is 0 Å². The van der Waals surface area contributed by atoms with Crippen LogP contribution < -0.4 is 10.6 Å². The number of carbonyl (C=O) groups excluding carboxylic acids is 1. The molecule has 3 nitrogen and oxygen atoms in total. The van der Waals surface area contributed by atoms with E-state index in [2.05, 4.69) is 10.6 Å². The van der Waals surface area contributed by atoms with E-state index in [9.17, 15) is 9.18 Å². The molecule has 1 aromatic rings. The molecule has 1 aliphatic heterocycles. The van der Waals surface area contributed by atoms with Crippen LogP contribution in [0.1, 0.15) is 0 Å². The minimum absolute atomic E-state index is 0.00817. The molecule has 1 amide bonds. The van der Waals surface area contributed by atoms with Crippen LogP contribution in [0.2, 0.25) is 5.02 Å². The summed E-state index contributed by atoms with van der Waals surface area (Å²) < 4.78 is 12.8. The number of anilines is 1. The molecule has 0 saturated carbocycles. The molecule has 80 valence electrons. The van der Waals surface area contributed by atoms with Gasteiger partial charge in [-0.05, 0) is 18.2 Å². The lowest BCUT2D eigenvalue weighted by molar-refractivity contribution is -0.121. The highest BCUT2D eigenvalue weighted by Crippen LogP contribution is 2.20. The van der Waals surface area contributed by atoms with E-state index < -0.39 is 5.82 Å². The minimum atomic E-state index is -0.486. The first-order valence-corrected chi connectivity index (χ1v) is 5.01. The van der Waals surface area contributed by atoms with Gasteiger partial charge in [0.1, 0.15) is 5.82 Å². The van der Waals surface area contributed by atoms with Crippen molar-refractivity contribution in [3.05, 3.63) is 29.0 Å². The quantitative estimate of drug-likeness (QED) is 0.808. The van der Waals surface area contributed by atoms with Crippen molar-refractivity contribution < 1.29 is 9.18 Å². The number of halogens is 2. The normalized spacial score (nSPS) is 15.9. The van der Waals surface area contributed by atoms with Crippen molar-refractivity contribution in [1.82, 2.24) is 5.32 Å². The van der Waals surface area contributed by atoms with Crippen molar-refractivity contribution in [3.63, 3.8) is 0 Å². The largest absolute Gasteiger partial charge is 0.326 e. The van der Waals surface area contributed by atoms with E-state index in [1.54, 1.807) is 0 Å². The summed E-state index contributed by atoms with van der Waals surface area (Å²) in [6.07, 6.45) is 0. The zero-order valence-corrected chi connectivity index (χ0v) is 8.64. The van der Waals surface area contributed by atoms with E-state index in [0.29, 0.717) is 18.8 Å². The van der Waals surface area contributed by atoms with Crippen LogP contribution in [-0.2, 0) is 4.79 Å². The summed E-state index contributed by atoms with van der Waals surface area (Å²) in [6.45, 7) is 1.39. The average Bonchev–Trinajstić information content (AvgIpc) is 2.08. The van der Waals surface area contributed by atoms with Crippen molar-refractivity contribution in [2.24, 2.45) is 5.92 Å². The monoisotopic (exact) mass is 228 g/mol. The molecule has 1 fully saturated rings. The molecular formula is C10H10ClFN2O. The summed E-state index contributed by atoms with van der Waals surface area (Å²) in [7, 11) is 0. The van der Waals surface area contributed by atoms with Crippen LogP contribution >= 0.6 is 11.6 Å². The third-order valence-electron chi connectivity index (χ3n) is 2.34. The fraction of sp³-hybridized carbons (Fsp3) is 0.300. The number of amides is 1. The number of rotatable bonds is 2. The standard InChI is InChI=1S/C10H10ClFN2O/c11-8-3-7(1-2-9(8)12)14-10(15)6-4-13-5-6/h1-3,6,13H,4-5H2,(H,14,15). The van der Waals surface area contributed by atoms with Gasteiger partial charge in [0.25, 0.3) is 0 Å². The fourth-order valence-corrected chi connectivity index (χ4v) is 1.47. The van der Waals surface area contributed by atoms with Gasteiger partial charge in [0.15, 0.2) is 0 Å². The number of nitrogens with one attached hydrogen (secondary N) is 2. The number of benzene rings is 1. The van der Waals surface area contributed by atoms with Crippen LogP contribution in [-0.4, -0.2) is 19.0 Å². The molecule has 2 rings (SSSR count). The van der Waals surface area contributed by atoms with Crippen molar-refractivity contribution in [3.8, 4) is 0 Å². The molecule has 0 aromatic heterocycles. The van der Waals surface area contributed by atoms with E-state index in [1.165, 1.54) is 18.2 Å². The molecular weight excluding hydrogens is 219 g/mol. The van der Waals surface area contributed by atoms with E-state index in [0.717, 1.165) is 0 Å². The van der Waals surface area contributed by atoms with Crippen molar-refractivity contribution in [1.29, 1.82) is 0 Å². The highest BCUT2D eigenvalue weighted by Gasteiger charge is 2.24. The molecule has 1 aliphatic rings. The third-order valence-corrected chi connectivity index (χ3v) is 2.63. The van der Waals surface area contributed by atoms with Crippen LogP contribution in [0.15, 0.2) is 18.2 Å². The Bertz CT molecular complexity index is 393. The summed E-state index contributed by atoms with van der Waals surface area (Å²) in [5, 5.41) is 5.70. The maximum Gasteiger partial charge on any atom is 0.230 e. The maximum absolute atomic E-state index is 12.8. The SMILES string of the molecule is O=C(Nc1ccc(F)c(Cl)c1)C1CNC1. The van der Waals surface area contributed by atoms with Gasteiger partial charge in [-0.25, -0.2) is 4.39 Å². The third kappa shape index (κ3) is 2.27. The van der Waals surface area contributed by atoms with Crippen LogP contribution in [0.5, 0.6) is 0 Å². The van der Waals surface area contributed by atoms with Gasteiger partial charge in [-0.3, -0.25) is 4.79 Å². The van der Waals surface area contributed by atoms with Crippen molar-refractivity contribution >= 4 is 23.2 Å². The number of carbonyl (C=O) groups is 1. The van der Waals surface area contributed by atoms with Crippen LogP contribution in [0, 0.1) is 11.7 Å². The van der Waals surface area contributed by atoms with E-state index >= 15 is 0 Å². The molecule has 15 heavy (non-hydrogen) atoms. The van der Waals surface area contributed by atoms with Gasteiger partial charge in [0, 0.05) is 18.8 Å². The summed E-state index contributed by atoms with van der Waals surface area (Å²) in [4.78, 5) is 11.5. The summed E-state index contributed by atoms with van der Waals surface area (Å²) in [6, 6.07) is 4.13. The summed E-state index contributed by atoms with van der Waals surface area (Å²) in [5.74, 6) is -0.537. The molecule has 1 saturated heterocycles. The van der Waals surface area contributed by atoms with Gasteiger partial charge < -0.3 is 10.6 Å². The zero-order valence-electron chi connectivity index (χ0n) is 7.89. The predicted octanol–water partition coefficient (Wildman–Crippen LogP) is 1.64. The van der Waals surface area contributed by atoms with Crippen LogP contribution in [0.25, 0.3) is 0 Å². The van der Waals surface area contributed by atoms with Crippen molar-refractivity contribution in [2.45, 2.75) is 0 Å². The van der Waals surface area contributed by atoms with E-state index in [-0.39, 0.29) is 16.8 Å². The van der Waals surface area contributed by atoms with Gasteiger partial charge in [0.05, 0.1) is 10.9 Å². The molecule has 5 heteroatoms. The molecule has 1 aromatic carbocycles. The van der Waals surface area contributed by atoms with E-state index in [1.807, 2.05) is 0 Å². The van der Waals surface area contributed by atoms with E-state index in [4.69, 9.17) is 11.6 Å². The Balaban J connectivity index is 2.03.